The molecule has 8 heteroatoms. The Labute approximate surface area is 239 Å². The van der Waals surface area contributed by atoms with Crippen molar-refractivity contribution < 1.29 is 13.5 Å². The Morgan fingerprint density at radius 3 is 2.68 bits per heavy atom. The molecule has 2 aliphatic carbocycles. The standard InChI is InChI=1S/C33H35F2N5O/c1-4-41-23-17-27(34)26(28(35)18-23)19-37-29-14-8-7-12-24(29)31(36)33-39-30-15-9-13-25(30)32(40-33)38-22-11-6-5-10-20(2)21(3)16-22/h5-8,11-12,14,16-18,20,36-37H,4,9-10,13,15,19H2,1-3H3,(H,38,39,40)/b6-5+,21-16-,22-11+,36-31?. The number of halogens is 2. The Balaban J connectivity index is 1.43. The largest absolute Gasteiger partial charge is 0.494 e. The number of hydrogen-bond acceptors (Lipinski definition) is 6. The van der Waals surface area contributed by atoms with E-state index in [4.69, 9.17) is 20.1 Å². The summed E-state index contributed by atoms with van der Waals surface area (Å²) in [4.78, 5) is 9.60. The van der Waals surface area contributed by atoms with Gasteiger partial charge in [-0.2, -0.15) is 0 Å². The molecule has 6 nitrogen and oxygen atoms in total. The van der Waals surface area contributed by atoms with Gasteiger partial charge in [0.05, 0.1) is 6.61 Å². The maximum absolute atomic E-state index is 14.7. The highest BCUT2D eigenvalue weighted by molar-refractivity contribution is 6.12. The number of ether oxygens (including phenoxy) is 1. The van der Waals surface area contributed by atoms with Crippen LogP contribution >= 0.6 is 0 Å². The third-order valence-corrected chi connectivity index (χ3v) is 7.56. The van der Waals surface area contributed by atoms with Crippen molar-refractivity contribution in [2.45, 2.75) is 53.0 Å². The first kappa shape index (κ1) is 28.2. The number of nitrogens with one attached hydrogen (secondary N) is 3. The van der Waals surface area contributed by atoms with E-state index >= 15 is 0 Å². The number of fused-ring (bicyclic) bond motifs is 1. The SMILES string of the molecule is CCOc1cc(F)c(CNc2ccccc2C(=N)c2nc3c(c(NC4=C/C=C/CC(C)/C(C)=C\4)n2)CCC3)c(F)c1. The van der Waals surface area contributed by atoms with Crippen LogP contribution in [0.25, 0.3) is 0 Å². The number of aryl methyl sites for hydroxylation is 1. The lowest BCUT2D eigenvalue weighted by atomic mass is 9.96. The predicted octanol–water partition coefficient (Wildman–Crippen LogP) is 7.51. The van der Waals surface area contributed by atoms with Crippen molar-refractivity contribution in [1.82, 2.24) is 9.97 Å². The maximum Gasteiger partial charge on any atom is 0.180 e. The second kappa shape index (κ2) is 12.5. The van der Waals surface area contributed by atoms with Crippen LogP contribution in [0.1, 0.15) is 61.8 Å². The molecular weight excluding hydrogens is 520 g/mol. The number of nitrogens with zero attached hydrogens (tertiary/aromatic N) is 2. The number of rotatable bonds is 9. The fraction of sp³-hybridized carbons (Fsp3) is 0.303. The van der Waals surface area contributed by atoms with Crippen molar-refractivity contribution in [3.8, 4) is 5.75 Å². The lowest BCUT2D eigenvalue weighted by Crippen LogP contribution is -2.15. The van der Waals surface area contributed by atoms with Crippen LogP contribution in [-0.4, -0.2) is 22.3 Å². The van der Waals surface area contributed by atoms with E-state index in [-0.39, 0.29) is 23.6 Å². The Kier molecular flexibility index (Phi) is 8.57. The predicted molar refractivity (Wildman–Crippen MR) is 160 cm³/mol. The van der Waals surface area contributed by atoms with Crippen LogP contribution < -0.4 is 15.4 Å². The molecule has 0 saturated heterocycles. The van der Waals surface area contributed by atoms with Crippen molar-refractivity contribution in [3.05, 3.63) is 112 Å². The van der Waals surface area contributed by atoms with Gasteiger partial charge in [0.15, 0.2) is 5.82 Å². The van der Waals surface area contributed by atoms with Gasteiger partial charge < -0.3 is 15.4 Å². The fourth-order valence-corrected chi connectivity index (χ4v) is 5.10. The van der Waals surface area contributed by atoms with Crippen LogP contribution in [0, 0.1) is 23.0 Å². The highest BCUT2D eigenvalue weighted by atomic mass is 19.1. The normalized spacial score (nSPS) is 19.6. The molecular formula is C33H35F2N5O. The molecule has 5 rings (SSSR count). The Bertz CT molecular complexity index is 1540. The molecule has 41 heavy (non-hydrogen) atoms. The van der Waals surface area contributed by atoms with E-state index in [1.165, 1.54) is 17.7 Å². The molecule has 0 fully saturated rings. The summed E-state index contributed by atoms with van der Waals surface area (Å²) in [6, 6.07) is 9.56. The molecule has 0 amide bonds. The highest BCUT2D eigenvalue weighted by Gasteiger charge is 2.23. The quantitative estimate of drug-likeness (QED) is 0.238. The average molecular weight is 556 g/mol. The highest BCUT2D eigenvalue weighted by Crippen LogP contribution is 2.30. The van der Waals surface area contributed by atoms with Gasteiger partial charge in [0.1, 0.15) is 28.9 Å². The van der Waals surface area contributed by atoms with Gasteiger partial charge in [-0.1, -0.05) is 42.8 Å². The van der Waals surface area contributed by atoms with Gasteiger partial charge in [0, 0.05) is 52.4 Å². The summed E-state index contributed by atoms with van der Waals surface area (Å²) < 4.78 is 34.6. The lowest BCUT2D eigenvalue weighted by Gasteiger charge is -2.17. The molecule has 2 aromatic carbocycles. The summed E-state index contributed by atoms with van der Waals surface area (Å²) in [5.74, 6) is 0.236. The van der Waals surface area contributed by atoms with Gasteiger partial charge in [-0.15, -0.1) is 0 Å². The molecule has 1 heterocycles. The average Bonchev–Trinajstić information content (AvgIpc) is 3.43. The van der Waals surface area contributed by atoms with Gasteiger partial charge in [-0.25, -0.2) is 18.7 Å². The van der Waals surface area contributed by atoms with Gasteiger partial charge in [0.25, 0.3) is 0 Å². The monoisotopic (exact) mass is 555 g/mol. The summed E-state index contributed by atoms with van der Waals surface area (Å²) in [6.07, 6.45) is 12.1. The molecule has 0 radical (unpaired) electrons. The van der Waals surface area contributed by atoms with Gasteiger partial charge in [-0.3, -0.25) is 5.41 Å². The third kappa shape index (κ3) is 6.37. The van der Waals surface area contributed by atoms with Gasteiger partial charge >= 0.3 is 0 Å². The number of allylic oxidation sites excluding steroid dienone is 5. The first-order valence-electron chi connectivity index (χ1n) is 14.1. The van der Waals surface area contributed by atoms with Crippen molar-refractivity contribution >= 4 is 17.2 Å². The lowest BCUT2D eigenvalue weighted by molar-refractivity contribution is 0.335. The van der Waals surface area contributed by atoms with Crippen molar-refractivity contribution in [2.75, 3.05) is 17.2 Å². The summed E-state index contributed by atoms with van der Waals surface area (Å²) in [6.45, 7) is 6.33. The Morgan fingerprint density at radius 1 is 1.12 bits per heavy atom. The maximum atomic E-state index is 14.7. The zero-order chi connectivity index (χ0) is 28.9. The molecule has 1 atom stereocenters. The van der Waals surface area contributed by atoms with E-state index in [0.717, 1.165) is 42.6 Å². The second-order valence-electron chi connectivity index (χ2n) is 10.4. The Hall–Kier alpha value is -4.33. The smallest absolute Gasteiger partial charge is 0.180 e. The first-order valence-corrected chi connectivity index (χ1v) is 14.1. The van der Waals surface area contributed by atoms with Crippen LogP contribution in [0.4, 0.5) is 20.3 Å². The molecule has 1 aromatic heterocycles. The topological polar surface area (TPSA) is 82.9 Å². The van der Waals surface area contributed by atoms with Crippen molar-refractivity contribution in [2.24, 2.45) is 5.92 Å². The van der Waals surface area contributed by atoms with Crippen molar-refractivity contribution in [1.29, 1.82) is 5.41 Å². The second-order valence-corrected chi connectivity index (χ2v) is 10.4. The molecule has 3 N–H and O–H groups in total. The summed E-state index contributed by atoms with van der Waals surface area (Å²) in [5.41, 5.74) is 5.39. The van der Waals surface area contributed by atoms with E-state index in [2.05, 4.69) is 42.7 Å². The van der Waals surface area contributed by atoms with Crippen LogP contribution in [0.3, 0.4) is 0 Å². The summed E-state index contributed by atoms with van der Waals surface area (Å²) in [5, 5.41) is 15.7. The molecule has 212 valence electrons. The number of aromatic nitrogens is 2. The van der Waals surface area contributed by atoms with Crippen LogP contribution in [-0.2, 0) is 19.4 Å². The first-order chi connectivity index (χ1) is 19.8. The zero-order valence-corrected chi connectivity index (χ0v) is 23.7. The summed E-state index contributed by atoms with van der Waals surface area (Å²) in [7, 11) is 0. The molecule has 0 bridgehead atoms. The van der Waals surface area contributed by atoms with E-state index in [0.29, 0.717) is 35.4 Å². The van der Waals surface area contributed by atoms with Gasteiger partial charge in [0.2, 0.25) is 0 Å². The van der Waals surface area contributed by atoms with E-state index < -0.39 is 11.6 Å². The fourth-order valence-electron chi connectivity index (χ4n) is 5.10. The van der Waals surface area contributed by atoms with Crippen molar-refractivity contribution in [3.63, 3.8) is 0 Å². The Morgan fingerprint density at radius 2 is 1.90 bits per heavy atom. The molecule has 2 aliphatic rings. The van der Waals surface area contributed by atoms with E-state index in [9.17, 15) is 8.78 Å². The summed E-state index contributed by atoms with van der Waals surface area (Å²) >= 11 is 0. The number of benzene rings is 2. The minimum absolute atomic E-state index is 0.0992. The molecule has 0 aliphatic heterocycles. The van der Waals surface area contributed by atoms with Crippen LogP contribution in [0.15, 0.2) is 72.0 Å². The van der Waals surface area contributed by atoms with Crippen LogP contribution in [0.2, 0.25) is 0 Å². The molecule has 0 spiro atoms. The number of hydrogen-bond donors (Lipinski definition) is 3. The van der Waals surface area contributed by atoms with Crippen LogP contribution in [0.5, 0.6) is 5.75 Å². The minimum Gasteiger partial charge on any atom is -0.494 e. The molecule has 1 unspecified atom stereocenters. The number of para-hydroxylation sites is 1. The van der Waals surface area contributed by atoms with E-state index in [1.54, 1.807) is 19.1 Å². The molecule has 3 aromatic rings. The number of anilines is 2. The van der Waals surface area contributed by atoms with E-state index in [1.807, 2.05) is 18.2 Å². The third-order valence-electron chi connectivity index (χ3n) is 7.56. The minimum atomic E-state index is -0.691. The van der Waals surface area contributed by atoms with Gasteiger partial charge in [-0.05, 0) is 63.7 Å². The zero-order valence-electron chi connectivity index (χ0n) is 23.7. The molecule has 0 saturated carbocycles.